The number of amides is 1. The van der Waals surface area contributed by atoms with Gasteiger partial charge in [-0.3, -0.25) is 4.79 Å². The predicted molar refractivity (Wildman–Crippen MR) is 103 cm³/mol. The number of aryl methyl sites for hydroxylation is 1. The van der Waals surface area contributed by atoms with Gasteiger partial charge in [0.2, 0.25) is 0 Å². The first-order valence-electron chi connectivity index (χ1n) is 9.62. The smallest absolute Gasteiger partial charge is 0.256 e. The predicted octanol–water partition coefficient (Wildman–Crippen LogP) is 3.29. The van der Waals surface area contributed by atoms with Crippen LogP contribution in [0, 0.1) is 0 Å². The molecule has 3 heterocycles. The van der Waals surface area contributed by atoms with Crippen molar-refractivity contribution < 1.29 is 13.6 Å². The lowest BCUT2D eigenvalue weighted by Gasteiger charge is -2.07. The molecule has 7 nitrogen and oxygen atoms in total. The number of nitrogens with zero attached hydrogens (tertiary/aromatic N) is 4. The topological polar surface area (TPSA) is 81.9 Å². The minimum Gasteiger partial charge on any atom is -0.497 e. The Morgan fingerprint density at radius 2 is 2.04 bits per heavy atom. The molecule has 1 aromatic carbocycles. The minimum atomic E-state index is -2.54. The second-order valence-corrected chi connectivity index (χ2v) is 5.93. The summed E-state index contributed by atoms with van der Waals surface area (Å²) in [7, 11) is -0.652. The maximum Gasteiger partial charge on any atom is 0.256 e. The van der Waals surface area contributed by atoms with Crippen molar-refractivity contribution in [2.75, 3.05) is 12.4 Å². The Hall–Kier alpha value is -3.74. The summed E-state index contributed by atoms with van der Waals surface area (Å²) in [5.74, 6) is 0.123. The van der Waals surface area contributed by atoms with Crippen LogP contribution in [0.4, 0.5) is 5.82 Å². The van der Waals surface area contributed by atoms with E-state index in [2.05, 4.69) is 20.3 Å². The fraction of sp³-hybridized carbons (Fsp3) is 0.100. The van der Waals surface area contributed by atoms with E-state index in [9.17, 15) is 4.79 Å². The first-order chi connectivity index (χ1) is 14.3. The standard InChI is InChI=1S/C20H17N5O2/c1-25-12-21-11-18(25)16-8-5-14-10-22-19(9-17(14)23-16)24-20(26)13-3-6-15(27-2)7-4-13/h3-12H,1-2H3,(H,22,24,26)/i2D3. The summed E-state index contributed by atoms with van der Waals surface area (Å²) >= 11 is 0. The van der Waals surface area contributed by atoms with Crippen molar-refractivity contribution in [3.63, 3.8) is 0 Å². The molecule has 0 aliphatic carbocycles. The second kappa shape index (κ2) is 6.87. The summed E-state index contributed by atoms with van der Waals surface area (Å²) in [4.78, 5) is 25.5. The molecular formula is C20H17N5O2. The van der Waals surface area contributed by atoms with Gasteiger partial charge in [-0.25, -0.2) is 15.0 Å². The number of pyridine rings is 2. The summed E-state index contributed by atoms with van der Waals surface area (Å²) in [5.41, 5.74) is 2.65. The third-order valence-corrected chi connectivity index (χ3v) is 4.13. The van der Waals surface area contributed by atoms with Gasteiger partial charge in [0.1, 0.15) is 11.6 Å². The molecule has 1 amide bonds. The highest BCUT2D eigenvalue weighted by molar-refractivity contribution is 6.04. The lowest BCUT2D eigenvalue weighted by Crippen LogP contribution is -2.12. The van der Waals surface area contributed by atoms with Gasteiger partial charge in [-0.15, -0.1) is 0 Å². The summed E-state index contributed by atoms with van der Waals surface area (Å²) in [6.07, 6.45) is 5.07. The average Bonchev–Trinajstić information content (AvgIpc) is 3.12. The van der Waals surface area contributed by atoms with Crippen molar-refractivity contribution in [1.82, 2.24) is 19.5 Å². The molecule has 0 saturated heterocycles. The van der Waals surface area contributed by atoms with Crippen LogP contribution in [-0.2, 0) is 7.05 Å². The molecule has 3 aromatic heterocycles. The molecule has 0 radical (unpaired) electrons. The van der Waals surface area contributed by atoms with Gasteiger partial charge in [-0.05, 0) is 36.4 Å². The number of hydrogen-bond donors (Lipinski definition) is 1. The van der Waals surface area contributed by atoms with Crippen LogP contribution in [0.2, 0.25) is 0 Å². The van der Waals surface area contributed by atoms with Gasteiger partial charge < -0.3 is 14.6 Å². The van der Waals surface area contributed by atoms with Crippen molar-refractivity contribution in [1.29, 1.82) is 0 Å². The summed E-state index contributed by atoms with van der Waals surface area (Å²) in [5, 5.41) is 3.56. The van der Waals surface area contributed by atoms with Gasteiger partial charge in [0.25, 0.3) is 5.91 Å². The molecule has 7 heteroatoms. The molecule has 1 N–H and O–H groups in total. The molecule has 0 saturated carbocycles. The number of imidazole rings is 1. The number of hydrogen-bond acceptors (Lipinski definition) is 5. The van der Waals surface area contributed by atoms with Crippen LogP contribution in [0.15, 0.2) is 61.2 Å². The monoisotopic (exact) mass is 362 g/mol. The third-order valence-electron chi connectivity index (χ3n) is 4.13. The van der Waals surface area contributed by atoms with Gasteiger partial charge in [0.15, 0.2) is 0 Å². The SMILES string of the molecule is [2H]C([2H])([2H])Oc1ccc(C(=O)Nc2cc3nc(-c4cncn4C)ccc3cn2)cc1. The van der Waals surface area contributed by atoms with Gasteiger partial charge in [0.05, 0.1) is 40.6 Å². The van der Waals surface area contributed by atoms with Gasteiger partial charge in [-0.2, -0.15) is 0 Å². The van der Waals surface area contributed by atoms with E-state index in [1.165, 1.54) is 24.3 Å². The van der Waals surface area contributed by atoms with Crippen LogP contribution >= 0.6 is 0 Å². The normalized spacial score (nSPS) is 12.9. The van der Waals surface area contributed by atoms with Crippen molar-refractivity contribution in [3.8, 4) is 17.1 Å². The number of nitrogens with one attached hydrogen (secondary N) is 1. The molecule has 0 atom stereocenters. The number of rotatable bonds is 4. The van der Waals surface area contributed by atoms with Crippen LogP contribution < -0.4 is 10.1 Å². The van der Waals surface area contributed by atoms with E-state index >= 15 is 0 Å². The zero-order chi connectivity index (χ0) is 21.3. The largest absolute Gasteiger partial charge is 0.497 e. The van der Waals surface area contributed by atoms with Crippen molar-refractivity contribution in [2.24, 2.45) is 7.05 Å². The Balaban J connectivity index is 1.54. The zero-order valence-corrected chi connectivity index (χ0v) is 14.4. The van der Waals surface area contributed by atoms with E-state index < -0.39 is 7.04 Å². The molecule has 0 spiro atoms. The van der Waals surface area contributed by atoms with E-state index in [0.717, 1.165) is 16.8 Å². The van der Waals surface area contributed by atoms with Crippen molar-refractivity contribution in [2.45, 2.75) is 0 Å². The Morgan fingerprint density at radius 3 is 2.78 bits per heavy atom. The number of carbonyl (C=O) groups excluding carboxylic acids is 1. The summed E-state index contributed by atoms with van der Waals surface area (Å²) < 4.78 is 28.0. The van der Waals surface area contributed by atoms with Gasteiger partial charge in [0, 0.05) is 30.3 Å². The van der Waals surface area contributed by atoms with Crippen LogP contribution in [0.5, 0.6) is 5.75 Å². The Morgan fingerprint density at radius 1 is 1.19 bits per heavy atom. The molecule has 0 unspecified atom stereocenters. The van der Waals surface area contributed by atoms with Crippen LogP contribution in [-0.4, -0.2) is 32.5 Å². The molecular weight excluding hydrogens is 342 g/mol. The zero-order valence-electron chi connectivity index (χ0n) is 17.4. The van der Waals surface area contributed by atoms with E-state index in [-0.39, 0.29) is 11.7 Å². The van der Waals surface area contributed by atoms with Gasteiger partial charge >= 0.3 is 0 Å². The molecule has 0 aliphatic heterocycles. The van der Waals surface area contributed by atoms with Gasteiger partial charge in [-0.1, -0.05) is 0 Å². The van der Waals surface area contributed by atoms with Crippen LogP contribution in [0.25, 0.3) is 22.3 Å². The number of methoxy groups -OCH3 is 1. The maximum atomic E-state index is 12.5. The van der Waals surface area contributed by atoms with Crippen molar-refractivity contribution >= 4 is 22.6 Å². The first-order valence-corrected chi connectivity index (χ1v) is 8.12. The molecule has 27 heavy (non-hydrogen) atoms. The number of carbonyl (C=O) groups is 1. The lowest BCUT2D eigenvalue weighted by molar-refractivity contribution is 0.102. The molecule has 134 valence electrons. The highest BCUT2D eigenvalue weighted by atomic mass is 16.5. The number of ether oxygens (including phenoxy) is 1. The Kier molecular flexibility index (Phi) is 3.43. The highest BCUT2D eigenvalue weighted by Crippen LogP contribution is 2.22. The second-order valence-electron chi connectivity index (χ2n) is 5.93. The van der Waals surface area contributed by atoms with Crippen LogP contribution in [0.1, 0.15) is 14.5 Å². The fourth-order valence-corrected chi connectivity index (χ4v) is 2.69. The average molecular weight is 362 g/mol. The Bertz CT molecular complexity index is 1220. The third kappa shape index (κ3) is 3.35. The highest BCUT2D eigenvalue weighted by Gasteiger charge is 2.10. The molecule has 0 fully saturated rings. The molecule has 4 aromatic rings. The fourth-order valence-electron chi connectivity index (χ4n) is 2.69. The quantitative estimate of drug-likeness (QED) is 0.602. The van der Waals surface area contributed by atoms with E-state index in [4.69, 9.17) is 8.85 Å². The van der Waals surface area contributed by atoms with Crippen molar-refractivity contribution in [3.05, 3.63) is 66.7 Å². The summed E-state index contributed by atoms with van der Waals surface area (Å²) in [6.45, 7) is 0. The van der Waals surface area contributed by atoms with Crippen LogP contribution in [0.3, 0.4) is 0 Å². The van der Waals surface area contributed by atoms with E-state index in [0.29, 0.717) is 16.9 Å². The van der Waals surface area contributed by atoms with E-state index in [1.54, 1.807) is 24.8 Å². The lowest BCUT2D eigenvalue weighted by atomic mass is 10.2. The number of benzene rings is 1. The number of anilines is 1. The van der Waals surface area contributed by atoms with E-state index in [1.807, 2.05) is 23.7 Å². The molecule has 0 aliphatic rings. The molecule has 0 bridgehead atoms. The number of fused-ring (bicyclic) bond motifs is 1. The first kappa shape index (κ1) is 13.5. The summed E-state index contributed by atoms with van der Waals surface area (Å²) in [6, 6.07) is 11.3. The number of aromatic nitrogens is 4. The Labute approximate surface area is 159 Å². The molecule has 4 rings (SSSR count). The minimum absolute atomic E-state index is 0.155. The maximum absolute atomic E-state index is 12.5.